The molecule has 0 saturated carbocycles. The minimum Gasteiger partial charge on any atom is -0.504 e. The maximum atomic E-state index is 13.1. The molecule has 0 spiro atoms. The standard InChI is InChI=1S/C28H25F3N2O3/c1-32-27(35)26(19-6-4-3-5-7-19)33-15-14-20-16-24(34)25(36-2)17-22(20)23(33)13-10-18-8-11-21(12-9-18)28(29,30)31/h3-9,11-12,14-17,26H,10,13H2,1-2H3,(H,32,35)/p+1/t26-/m1/s1. The highest BCUT2D eigenvalue weighted by Crippen LogP contribution is 2.33. The van der Waals surface area contributed by atoms with Crippen molar-refractivity contribution in [3.63, 3.8) is 0 Å². The molecule has 2 N–H and O–H groups in total. The van der Waals surface area contributed by atoms with Gasteiger partial charge in [-0.05, 0) is 41.6 Å². The summed E-state index contributed by atoms with van der Waals surface area (Å²) in [7, 11) is 3.03. The molecular weight excluding hydrogens is 469 g/mol. The van der Waals surface area contributed by atoms with Crippen LogP contribution in [0.3, 0.4) is 0 Å². The Hall–Kier alpha value is -4.07. The number of aromatic hydroxyl groups is 1. The molecule has 3 aromatic carbocycles. The van der Waals surface area contributed by atoms with Gasteiger partial charge in [0.05, 0.1) is 18.1 Å². The zero-order valence-corrected chi connectivity index (χ0v) is 19.8. The number of hydrogen-bond acceptors (Lipinski definition) is 3. The number of hydrogen-bond donors (Lipinski definition) is 2. The zero-order chi connectivity index (χ0) is 25.9. The number of aryl methyl sites for hydroxylation is 2. The van der Waals surface area contributed by atoms with E-state index in [-0.39, 0.29) is 17.4 Å². The number of ether oxygens (including phenoxy) is 1. The Balaban J connectivity index is 1.84. The third-order valence-electron chi connectivity index (χ3n) is 6.21. The summed E-state index contributed by atoms with van der Waals surface area (Å²) in [5.74, 6) is 0.0571. The first-order valence-corrected chi connectivity index (χ1v) is 11.4. The van der Waals surface area contributed by atoms with Crippen LogP contribution in [-0.2, 0) is 23.8 Å². The van der Waals surface area contributed by atoms with Crippen LogP contribution in [0.25, 0.3) is 10.8 Å². The lowest BCUT2D eigenvalue weighted by Gasteiger charge is -2.17. The molecule has 0 aliphatic carbocycles. The van der Waals surface area contributed by atoms with Crippen LogP contribution in [0.1, 0.15) is 28.4 Å². The minimum atomic E-state index is -4.40. The number of amides is 1. The van der Waals surface area contributed by atoms with E-state index in [1.54, 1.807) is 25.4 Å². The van der Waals surface area contributed by atoms with Crippen molar-refractivity contribution >= 4 is 16.7 Å². The number of alkyl halides is 3. The van der Waals surface area contributed by atoms with Gasteiger partial charge in [-0.25, -0.2) is 0 Å². The number of rotatable bonds is 7. The highest BCUT2D eigenvalue weighted by Gasteiger charge is 2.33. The molecule has 1 aromatic heterocycles. The second-order valence-electron chi connectivity index (χ2n) is 8.40. The smallest absolute Gasteiger partial charge is 0.416 e. The predicted molar refractivity (Wildman–Crippen MR) is 130 cm³/mol. The number of phenolic OH excluding ortho intramolecular Hbond substituents is 1. The van der Waals surface area contributed by atoms with Gasteiger partial charge < -0.3 is 15.2 Å². The van der Waals surface area contributed by atoms with E-state index in [4.69, 9.17) is 4.74 Å². The summed E-state index contributed by atoms with van der Waals surface area (Å²) in [5.41, 5.74) is 1.59. The van der Waals surface area contributed by atoms with Gasteiger partial charge in [0.1, 0.15) is 0 Å². The highest BCUT2D eigenvalue weighted by molar-refractivity contribution is 5.87. The normalized spacial score (nSPS) is 12.4. The number of aromatic nitrogens is 1. The average molecular weight is 496 g/mol. The molecule has 0 aliphatic heterocycles. The Kier molecular flexibility index (Phi) is 7.15. The quantitative estimate of drug-likeness (QED) is 0.356. The van der Waals surface area contributed by atoms with Crippen LogP contribution in [0.2, 0.25) is 0 Å². The lowest BCUT2D eigenvalue weighted by Crippen LogP contribution is -2.51. The number of pyridine rings is 1. The van der Waals surface area contributed by atoms with E-state index in [1.165, 1.54) is 19.2 Å². The van der Waals surface area contributed by atoms with Crippen molar-refractivity contribution in [1.82, 2.24) is 5.32 Å². The SMILES string of the molecule is CNC(=O)[C@@H](c1ccccc1)[n+]1ccc2cc(O)c(OC)cc2c1CCc1ccc(C(F)(F)F)cc1. The lowest BCUT2D eigenvalue weighted by atomic mass is 9.98. The molecule has 0 bridgehead atoms. The topological polar surface area (TPSA) is 62.4 Å². The van der Waals surface area contributed by atoms with E-state index in [0.29, 0.717) is 12.8 Å². The number of methoxy groups -OCH3 is 1. The van der Waals surface area contributed by atoms with Gasteiger partial charge in [-0.3, -0.25) is 4.79 Å². The van der Waals surface area contributed by atoms with Gasteiger partial charge in [-0.1, -0.05) is 42.5 Å². The van der Waals surface area contributed by atoms with Crippen LogP contribution in [-0.4, -0.2) is 25.2 Å². The molecule has 8 heteroatoms. The molecule has 0 aliphatic rings. The number of carbonyl (C=O) groups is 1. The maximum Gasteiger partial charge on any atom is 0.416 e. The Labute approximate surface area is 206 Å². The fourth-order valence-electron chi connectivity index (χ4n) is 4.36. The number of likely N-dealkylation sites (N-methyl/N-ethyl adjacent to an activating group) is 1. The number of carbonyl (C=O) groups excluding carboxylic acids is 1. The van der Waals surface area contributed by atoms with Gasteiger partial charge in [0.15, 0.2) is 23.4 Å². The Bertz CT molecular complexity index is 1370. The summed E-state index contributed by atoms with van der Waals surface area (Å²) in [6, 6.07) is 18.9. The van der Waals surface area contributed by atoms with Crippen LogP contribution in [0.4, 0.5) is 13.2 Å². The number of halogens is 3. The van der Waals surface area contributed by atoms with E-state index in [9.17, 15) is 23.1 Å². The molecule has 4 aromatic rings. The van der Waals surface area contributed by atoms with Crippen LogP contribution in [0, 0.1) is 0 Å². The Morgan fingerprint density at radius 3 is 2.33 bits per heavy atom. The van der Waals surface area contributed by atoms with Crippen molar-refractivity contribution in [2.24, 2.45) is 0 Å². The minimum absolute atomic E-state index is 0.0117. The summed E-state index contributed by atoms with van der Waals surface area (Å²) in [6.07, 6.45) is -1.73. The molecule has 0 fully saturated rings. The molecule has 36 heavy (non-hydrogen) atoms. The molecule has 186 valence electrons. The van der Waals surface area contributed by atoms with Crippen molar-refractivity contribution in [1.29, 1.82) is 0 Å². The van der Waals surface area contributed by atoms with Crippen LogP contribution < -0.4 is 14.6 Å². The molecular formula is C28H26F3N2O3+. The van der Waals surface area contributed by atoms with Crippen LogP contribution in [0.5, 0.6) is 11.5 Å². The van der Waals surface area contributed by atoms with E-state index >= 15 is 0 Å². The van der Waals surface area contributed by atoms with Gasteiger partial charge in [0, 0.05) is 25.1 Å². The van der Waals surface area contributed by atoms with Gasteiger partial charge in [-0.2, -0.15) is 17.7 Å². The third-order valence-corrected chi connectivity index (χ3v) is 6.21. The van der Waals surface area contributed by atoms with Gasteiger partial charge in [0.25, 0.3) is 11.9 Å². The monoisotopic (exact) mass is 495 g/mol. The van der Waals surface area contributed by atoms with Gasteiger partial charge >= 0.3 is 6.18 Å². The number of nitrogens with one attached hydrogen (secondary N) is 1. The first-order valence-electron chi connectivity index (χ1n) is 11.4. The van der Waals surface area contributed by atoms with Crippen molar-refractivity contribution in [3.8, 4) is 11.5 Å². The van der Waals surface area contributed by atoms with E-state index in [0.717, 1.165) is 39.7 Å². The number of benzene rings is 3. The Morgan fingerprint density at radius 2 is 1.72 bits per heavy atom. The lowest BCUT2D eigenvalue weighted by molar-refractivity contribution is -0.706. The molecule has 4 rings (SSSR count). The summed E-state index contributed by atoms with van der Waals surface area (Å²) in [4.78, 5) is 13.1. The average Bonchev–Trinajstić information content (AvgIpc) is 2.87. The summed E-state index contributed by atoms with van der Waals surface area (Å²) >= 11 is 0. The predicted octanol–water partition coefficient (Wildman–Crippen LogP) is 4.98. The molecule has 5 nitrogen and oxygen atoms in total. The highest BCUT2D eigenvalue weighted by atomic mass is 19.4. The summed E-state index contributed by atoms with van der Waals surface area (Å²) in [5, 5.41) is 14.5. The molecule has 0 unspecified atom stereocenters. The largest absolute Gasteiger partial charge is 0.504 e. The van der Waals surface area contributed by atoms with Gasteiger partial charge in [0.2, 0.25) is 0 Å². The third kappa shape index (κ3) is 5.12. The molecule has 1 heterocycles. The molecule has 0 radical (unpaired) electrons. The van der Waals surface area contributed by atoms with Crippen molar-refractivity contribution < 1.29 is 32.4 Å². The molecule has 0 saturated heterocycles. The Morgan fingerprint density at radius 1 is 1.03 bits per heavy atom. The first kappa shape index (κ1) is 25.0. The number of fused-ring (bicyclic) bond motifs is 1. The summed E-state index contributed by atoms with van der Waals surface area (Å²) < 4.78 is 46.2. The van der Waals surface area contributed by atoms with Crippen molar-refractivity contribution in [3.05, 3.63) is 101 Å². The second kappa shape index (κ2) is 10.3. The zero-order valence-electron chi connectivity index (χ0n) is 19.8. The van der Waals surface area contributed by atoms with Crippen LogP contribution in [0.15, 0.2) is 79.0 Å². The van der Waals surface area contributed by atoms with Crippen molar-refractivity contribution in [2.75, 3.05) is 14.2 Å². The van der Waals surface area contributed by atoms with E-state index in [2.05, 4.69) is 5.32 Å². The fourth-order valence-corrected chi connectivity index (χ4v) is 4.36. The van der Waals surface area contributed by atoms with Crippen molar-refractivity contribution in [2.45, 2.75) is 25.1 Å². The first-order chi connectivity index (χ1) is 17.2. The second-order valence-corrected chi connectivity index (χ2v) is 8.40. The number of nitrogens with zero attached hydrogens (tertiary/aromatic N) is 1. The van der Waals surface area contributed by atoms with Gasteiger partial charge in [-0.15, -0.1) is 0 Å². The fraction of sp³-hybridized carbons (Fsp3) is 0.214. The van der Waals surface area contributed by atoms with E-state index < -0.39 is 17.8 Å². The number of phenols is 1. The van der Waals surface area contributed by atoms with Crippen LogP contribution >= 0.6 is 0 Å². The molecule has 1 amide bonds. The molecule has 1 atom stereocenters. The maximum absolute atomic E-state index is 13.1. The summed E-state index contributed by atoms with van der Waals surface area (Å²) in [6.45, 7) is 0. The van der Waals surface area contributed by atoms with E-state index in [1.807, 2.05) is 41.0 Å².